The average Bonchev–Trinajstić information content (AvgIpc) is 2.17. The van der Waals surface area contributed by atoms with Crippen molar-refractivity contribution in [2.24, 2.45) is 0 Å². The van der Waals surface area contributed by atoms with Gasteiger partial charge in [0.05, 0.1) is 4.92 Å². The van der Waals surface area contributed by atoms with Crippen molar-refractivity contribution in [3.63, 3.8) is 0 Å². The number of nitro benzene ring substituents is 1. The fourth-order valence-corrected chi connectivity index (χ4v) is 0.905. The number of non-ortho nitro benzene ring substituents is 1. The molecule has 0 heterocycles. The molecule has 13 heavy (non-hydrogen) atoms. The topological polar surface area (TPSA) is 63.4 Å². The first kappa shape index (κ1) is 9.23. The van der Waals surface area contributed by atoms with Gasteiger partial charge in [-0.3, -0.25) is 10.1 Å². The van der Waals surface area contributed by atoms with Crippen molar-refractivity contribution < 1.29 is 10.0 Å². The smallest absolute Gasteiger partial charge is 0.269 e. The van der Waals surface area contributed by atoms with Crippen LogP contribution in [0.5, 0.6) is 0 Å². The van der Waals surface area contributed by atoms with Crippen LogP contribution in [0.1, 0.15) is 11.7 Å². The maximum atomic E-state index is 10.3. The summed E-state index contributed by atoms with van der Waals surface area (Å²) in [6, 6.07) is 5.61. The predicted octanol–water partition coefficient (Wildman–Crippen LogP) is 1.26. The van der Waals surface area contributed by atoms with E-state index in [2.05, 4.69) is 5.92 Å². The van der Waals surface area contributed by atoms with Crippen molar-refractivity contribution in [1.29, 1.82) is 0 Å². The second-order valence-corrected chi connectivity index (χ2v) is 2.42. The fourth-order valence-electron chi connectivity index (χ4n) is 0.905. The molecule has 1 aromatic carbocycles. The summed E-state index contributed by atoms with van der Waals surface area (Å²) in [6.07, 6.45) is 3.88. The maximum Gasteiger partial charge on any atom is 0.269 e. The largest absolute Gasteiger partial charge is 0.376 e. The second-order valence-electron chi connectivity index (χ2n) is 2.42. The molecule has 0 radical (unpaired) electrons. The van der Waals surface area contributed by atoms with Gasteiger partial charge < -0.3 is 5.11 Å². The minimum absolute atomic E-state index is 0.0770. The Bertz CT molecular complexity index is 367. The lowest BCUT2D eigenvalue weighted by molar-refractivity contribution is -0.385. The van der Waals surface area contributed by atoms with Crippen LogP contribution >= 0.6 is 0 Å². The molecule has 0 bridgehead atoms. The number of nitro groups is 1. The van der Waals surface area contributed by atoms with Gasteiger partial charge in [-0.1, -0.05) is 18.1 Å². The first-order valence-corrected chi connectivity index (χ1v) is 3.53. The van der Waals surface area contributed by atoms with Crippen molar-refractivity contribution in [3.8, 4) is 12.3 Å². The molecule has 0 unspecified atom stereocenters. The molecule has 1 atom stereocenters. The number of rotatable bonds is 2. The van der Waals surface area contributed by atoms with Crippen LogP contribution in [0.4, 0.5) is 5.69 Å². The standard InChI is InChI=1S/C9H7NO3/c1-2-9(11)7-4-3-5-8(6-7)10(12)13/h1,3-6,9,11H/t9-/m0/s1. The Morgan fingerprint density at radius 1 is 1.62 bits per heavy atom. The SMILES string of the molecule is C#C[C@H](O)c1cccc([N+](=O)[O-])c1. The molecule has 0 aliphatic rings. The third-order valence-corrected chi connectivity index (χ3v) is 1.55. The monoisotopic (exact) mass is 177 g/mol. The van der Waals surface area contributed by atoms with Crippen LogP contribution in [-0.4, -0.2) is 10.0 Å². The van der Waals surface area contributed by atoms with Crippen LogP contribution in [-0.2, 0) is 0 Å². The highest BCUT2D eigenvalue weighted by Crippen LogP contribution is 2.18. The van der Waals surface area contributed by atoms with Crippen LogP contribution in [0.3, 0.4) is 0 Å². The van der Waals surface area contributed by atoms with Crippen LogP contribution < -0.4 is 0 Å². The number of hydrogen-bond donors (Lipinski definition) is 1. The van der Waals surface area contributed by atoms with Crippen molar-refractivity contribution in [2.75, 3.05) is 0 Å². The van der Waals surface area contributed by atoms with Gasteiger partial charge in [-0.15, -0.1) is 6.42 Å². The van der Waals surface area contributed by atoms with Crippen molar-refractivity contribution in [1.82, 2.24) is 0 Å². The van der Waals surface area contributed by atoms with E-state index < -0.39 is 11.0 Å². The molecule has 0 amide bonds. The molecule has 0 spiro atoms. The van der Waals surface area contributed by atoms with E-state index >= 15 is 0 Å². The molecule has 0 aromatic heterocycles. The van der Waals surface area contributed by atoms with E-state index in [1.807, 2.05) is 0 Å². The van der Waals surface area contributed by atoms with Gasteiger partial charge in [0.15, 0.2) is 0 Å². The van der Waals surface area contributed by atoms with Gasteiger partial charge in [-0.05, 0) is 5.56 Å². The molecule has 4 nitrogen and oxygen atoms in total. The zero-order valence-corrected chi connectivity index (χ0v) is 6.68. The lowest BCUT2D eigenvalue weighted by atomic mass is 10.1. The Balaban J connectivity index is 3.07. The van der Waals surface area contributed by atoms with E-state index in [4.69, 9.17) is 6.42 Å². The van der Waals surface area contributed by atoms with E-state index in [9.17, 15) is 15.2 Å². The van der Waals surface area contributed by atoms with E-state index in [0.717, 1.165) is 0 Å². The van der Waals surface area contributed by atoms with Crippen molar-refractivity contribution in [2.45, 2.75) is 6.10 Å². The van der Waals surface area contributed by atoms with Gasteiger partial charge in [0.25, 0.3) is 5.69 Å². The maximum absolute atomic E-state index is 10.3. The molecular formula is C9H7NO3. The summed E-state index contributed by atoms with van der Waals surface area (Å²) < 4.78 is 0. The lowest BCUT2D eigenvalue weighted by Crippen LogP contribution is -1.95. The molecule has 4 heteroatoms. The van der Waals surface area contributed by atoms with Crippen molar-refractivity contribution in [3.05, 3.63) is 39.9 Å². The highest BCUT2D eigenvalue weighted by atomic mass is 16.6. The Hall–Kier alpha value is -1.86. The number of nitrogens with zero attached hydrogens (tertiary/aromatic N) is 1. The third-order valence-electron chi connectivity index (χ3n) is 1.55. The van der Waals surface area contributed by atoms with Gasteiger partial charge in [0.1, 0.15) is 6.10 Å². The van der Waals surface area contributed by atoms with Gasteiger partial charge in [0.2, 0.25) is 0 Å². The Morgan fingerprint density at radius 2 is 2.31 bits per heavy atom. The highest BCUT2D eigenvalue weighted by molar-refractivity contribution is 5.37. The molecule has 0 saturated carbocycles. The van der Waals surface area contributed by atoms with Crippen LogP contribution in [0, 0.1) is 22.5 Å². The van der Waals surface area contributed by atoms with Crippen molar-refractivity contribution >= 4 is 5.69 Å². The molecule has 66 valence electrons. The Kier molecular flexibility index (Phi) is 2.62. The summed E-state index contributed by atoms with van der Waals surface area (Å²) in [4.78, 5) is 9.80. The first-order chi connectivity index (χ1) is 6.15. The quantitative estimate of drug-likeness (QED) is 0.420. The van der Waals surface area contributed by atoms with E-state index in [-0.39, 0.29) is 5.69 Å². The van der Waals surface area contributed by atoms with Gasteiger partial charge >= 0.3 is 0 Å². The lowest BCUT2D eigenvalue weighted by Gasteiger charge is -2.01. The molecule has 0 saturated heterocycles. The van der Waals surface area contributed by atoms with E-state index in [1.165, 1.54) is 24.3 Å². The highest BCUT2D eigenvalue weighted by Gasteiger charge is 2.09. The summed E-state index contributed by atoms with van der Waals surface area (Å²) in [5.74, 6) is 2.08. The zero-order chi connectivity index (χ0) is 9.84. The van der Waals surface area contributed by atoms with E-state index in [1.54, 1.807) is 0 Å². The summed E-state index contributed by atoms with van der Waals surface area (Å²) in [6.45, 7) is 0. The summed E-state index contributed by atoms with van der Waals surface area (Å²) >= 11 is 0. The fraction of sp³-hybridized carbons (Fsp3) is 0.111. The Labute approximate surface area is 75.0 Å². The minimum atomic E-state index is -1.08. The third kappa shape index (κ3) is 2.04. The predicted molar refractivity (Wildman–Crippen MR) is 46.9 cm³/mol. The summed E-state index contributed by atoms with van der Waals surface area (Å²) in [5.41, 5.74) is 0.281. The average molecular weight is 177 g/mol. The number of hydrogen-bond acceptors (Lipinski definition) is 3. The summed E-state index contributed by atoms with van der Waals surface area (Å²) in [7, 11) is 0. The van der Waals surface area contributed by atoms with Crippen LogP contribution in [0.25, 0.3) is 0 Å². The normalized spacial score (nSPS) is 11.7. The zero-order valence-electron chi connectivity index (χ0n) is 6.68. The van der Waals surface area contributed by atoms with Gasteiger partial charge in [0, 0.05) is 12.1 Å². The summed E-state index contributed by atoms with van der Waals surface area (Å²) in [5, 5.41) is 19.5. The van der Waals surface area contributed by atoms with Crippen LogP contribution in [0.2, 0.25) is 0 Å². The second kappa shape index (κ2) is 3.70. The molecule has 1 aromatic rings. The number of benzene rings is 1. The van der Waals surface area contributed by atoms with Gasteiger partial charge in [-0.25, -0.2) is 0 Å². The molecule has 0 aliphatic heterocycles. The molecule has 1 N–H and O–H groups in total. The minimum Gasteiger partial charge on any atom is -0.376 e. The number of aliphatic hydroxyl groups excluding tert-OH is 1. The first-order valence-electron chi connectivity index (χ1n) is 3.53. The van der Waals surface area contributed by atoms with Crippen LogP contribution in [0.15, 0.2) is 24.3 Å². The molecule has 0 fully saturated rings. The molecule has 0 aliphatic carbocycles. The molecular weight excluding hydrogens is 170 g/mol. The number of aliphatic hydroxyl groups is 1. The Morgan fingerprint density at radius 3 is 2.85 bits per heavy atom. The van der Waals surface area contributed by atoms with Gasteiger partial charge in [-0.2, -0.15) is 0 Å². The number of terminal acetylenes is 1. The van der Waals surface area contributed by atoms with E-state index in [0.29, 0.717) is 5.56 Å². The molecule has 1 rings (SSSR count).